The van der Waals surface area contributed by atoms with Gasteiger partial charge in [0.15, 0.2) is 0 Å². The molecule has 0 aliphatic carbocycles. The Morgan fingerprint density at radius 3 is 1.95 bits per heavy atom. The predicted octanol–water partition coefficient (Wildman–Crippen LogP) is 4.64. The fraction of sp³-hybridized carbons (Fsp3) is 0.588. The number of rotatable bonds is 2. The Kier molecular flexibility index (Phi) is 4.85. The Labute approximate surface area is 122 Å². The maximum absolute atomic E-state index is 12.3. The average Bonchev–Trinajstić information content (AvgIpc) is 2.26. The number of ether oxygens (including phenoxy) is 1. The first-order chi connectivity index (χ1) is 9.02. The lowest BCUT2D eigenvalue weighted by atomic mass is 9.81. The summed E-state index contributed by atoms with van der Waals surface area (Å²) in [7, 11) is 1.80. The van der Waals surface area contributed by atoms with Gasteiger partial charge in [0.2, 0.25) is 0 Å². The molecule has 0 saturated carbocycles. The second-order valence-electron chi connectivity index (χ2n) is 7.27. The Bertz CT molecular complexity index is 440. The fourth-order valence-corrected chi connectivity index (χ4v) is 2.38. The number of hydrogen-bond acceptors (Lipinski definition) is 2. The lowest BCUT2D eigenvalue weighted by molar-refractivity contribution is 0.00947. The summed E-state index contributed by atoms with van der Waals surface area (Å²) in [6, 6.07) is 10.1. The monoisotopic (exact) mass is 277 g/mol. The smallest absolute Gasteiger partial charge is 0.410 e. The van der Waals surface area contributed by atoms with E-state index in [2.05, 4.69) is 32.9 Å². The molecule has 1 atom stereocenters. The molecule has 0 spiro atoms. The third kappa shape index (κ3) is 4.55. The van der Waals surface area contributed by atoms with E-state index < -0.39 is 5.60 Å². The summed E-state index contributed by atoms with van der Waals surface area (Å²) in [4.78, 5) is 14.0. The van der Waals surface area contributed by atoms with Crippen molar-refractivity contribution >= 4 is 6.09 Å². The van der Waals surface area contributed by atoms with Gasteiger partial charge >= 0.3 is 6.09 Å². The van der Waals surface area contributed by atoms with Crippen LogP contribution in [0.15, 0.2) is 30.3 Å². The highest BCUT2D eigenvalue weighted by Crippen LogP contribution is 2.37. The highest BCUT2D eigenvalue weighted by molar-refractivity contribution is 5.68. The molecule has 112 valence electrons. The first kappa shape index (κ1) is 16.5. The summed E-state index contributed by atoms with van der Waals surface area (Å²) in [5.41, 5.74) is 0.561. The Hall–Kier alpha value is -1.51. The van der Waals surface area contributed by atoms with E-state index in [-0.39, 0.29) is 17.6 Å². The van der Waals surface area contributed by atoms with Crippen LogP contribution in [0.2, 0.25) is 0 Å². The van der Waals surface area contributed by atoms with Gasteiger partial charge in [-0.3, -0.25) is 0 Å². The van der Waals surface area contributed by atoms with Crippen LogP contribution < -0.4 is 0 Å². The van der Waals surface area contributed by atoms with Crippen molar-refractivity contribution in [2.45, 2.75) is 53.2 Å². The summed E-state index contributed by atoms with van der Waals surface area (Å²) in [5.74, 6) is 0. The number of carbonyl (C=O) groups is 1. The first-order valence-corrected chi connectivity index (χ1v) is 7.03. The zero-order chi connectivity index (χ0) is 15.6. The van der Waals surface area contributed by atoms with E-state index in [4.69, 9.17) is 4.74 Å². The Morgan fingerprint density at radius 2 is 1.55 bits per heavy atom. The van der Waals surface area contributed by atoms with Gasteiger partial charge in [0, 0.05) is 7.05 Å². The summed E-state index contributed by atoms with van der Waals surface area (Å²) in [6.07, 6.45) is -0.290. The fourth-order valence-electron chi connectivity index (χ4n) is 2.38. The van der Waals surface area contributed by atoms with Crippen molar-refractivity contribution < 1.29 is 9.53 Å². The van der Waals surface area contributed by atoms with E-state index in [9.17, 15) is 4.79 Å². The van der Waals surface area contributed by atoms with Crippen molar-refractivity contribution in [1.29, 1.82) is 0 Å². The largest absolute Gasteiger partial charge is 0.444 e. The lowest BCUT2D eigenvalue weighted by Gasteiger charge is -2.39. The van der Waals surface area contributed by atoms with Crippen LogP contribution in [-0.2, 0) is 4.74 Å². The minimum absolute atomic E-state index is 0.0291. The molecule has 0 aliphatic heterocycles. The molecule has 0 aliphatic rings. The molecule has 1 aromatic rings. The van der Waals surface area contributed by atoms with Gasteiger partial charge in [0.1, 0.15) is 5.60 Å². The van der Waals surface area contributed by atoms with Crippen molar-refractivity contribution in [2.75, 3.05) is 7.05 Å². The molecule has 0 bridgehead atoms. The topological polar surface area (TPSA) is 29.5 Å². The lowest BCUT2D eigenvalue weighted by Crippen LogP contribution is -2.41. The van der Waals surface area contributed by atoms with Crippen molar-refractivity contribution in [3.05, 3.63) is 35.9 Å². The second-order valence-corrected chi connectivity index (χ2v) is 7.27. The van der Waals surface area contributed by atoms with Crippen molar-refractivity contribution in [3.8, 4) is 0 Å². The summed E-state index contributed by atoms with van der Waals surface area (Å²) < 4.78 is 5.48. The van der Waals surface area contributed by atoms with Gasteiger partial charge < -0.3 is 9.64 Å². The van der Waals surface area contributed by atoms with Crippen molar-refractivity contribution in [3.63, 3.8) is 0 Å². The quantitative estimate of drug-likeness (QED) is 0.788. The van der Waals surface area contributed by atoms with Crippen LogP contribution in [0, 0.1) is 5.41 Å². The van der Waals surface area contributed by atoms with E-state index in [0.29, 0.717) is 0 Å². The van der Waals surface area contributed by atoms with Crippen LogP contribution in [0.1, 0.15) is 53.1 Å². The van der Waals surface area contributed by atoms with Crippen LogP contribution in [0.3, 0.4) is 0 Å². The molecular weight excluding hydrogens is 250 g/mol. The number of nitrogens with zero attached hydrogens (tertiary/aromatic N) is 1. The van der Waals surface area contributed by atoms with Crippen LogP contribution in [0.4, 0.5) is 4.79 Å². The number of hydrogen-bond donors (Lipinski definition) is 0. The molecule has 0 saturated heterocycles. The zero-order valence-corrected chi connectivity index (χ0v) is 13.7. The molecule has 0 N–H and O–H groups in total. The molecule has 0 heterocycles. The summed E-state index contributed by atoms with van der Waals surface area (Å²) >= 11 is 0. The van der Waals surface area contributed by atoms with Gasteiger partial charge in [0.05, 0.1) is 6.04 Å². The number of amides is 1. The molecule has 0 aromatic heterocycles. The Morgan fingerprint density at radius 1 is 1.05 bits per heavy atom. The Balaban J connectivity index is 3.04. The van der Waals surface area contributed by atoms with E-state index in [1.165, 1.54) is 0 Å². The maximum atomic E-state index is 12.3. The summed E-state index contributed by atoms with van der Waals surface area (Å²) in [5, 5.41) is 0. The minimum Gasteiger partial charge on any atom is -0.444 e. The second kappa shape index (κ2) is 5.86. The maximum Gasteiger partial charge on any atom is 0.410 e. The first-order valence-electron chi connectivity index (χ1n) is 7.03. The average molecular weight is 277 g/mol. The van der Waals surface area contributed by atoms with Gasteiger partial charge in [-0.05, 0) is 31.7 Å². The standard InChI is InChI=1S/C17H27NO2/c1-16(2,3)14(13-11-9-8-10-12-13)18(7)15(19)20-17(4,5)6/h8-12,14H,1-7H3/t14-/m0/s1. The number of benzene rings is 1. The predicted molar refractivity (Wildman–Crippen MR) is 82.6 cm³/mol. The third-order valence-corrected chi connectivity index (χ3v) is 3.00. The van der Waals surface area contributed by atoms with Gasteiger partial charge in [-0.2, -0.15) is 0 Å². The van der Waals surface area contributed by atoms with Gasteiger partial charge in [-0.15, -0.1) is 0 Å². The zero-order valence-electron chi connectivity index (χ0n) is 13.7. The normalized spacial score (nSPS) is 13.8. The molecular formula is C17H27NO2. The minimum atomic E-state index is -0.482. The van der Waals surface area contributed by atoms with E-state index in [1.54, 1.807) is 11.9 Å². The van der Waals surface area contributed by atoms with Crippen LogP contribution in [0.25, 0.3) is 0 Å². The third-order valence-electron chi connectivity index (χ3n) is 3.00. The molecule has 1 rings (SSSR count). The number of carbonyl (C=O) groups excluding carboxylic acids is 1. The highest BCUT2D eigenvalue weighted by atomic mass is 16.6. The molecule has 0 radical (unpaired) electrons. The van der Waals surface area contributed by atoms with E-state index >= 15 is 0 Å². The van der Waals surface area contributed by atoms with Gasteiger partial charge in [-0.25, -0.2) is 4.79 Å². The molecule has 1 amide bonds. The van der Waals surface area contributed by atoms with E-state index in [0.717, 1.165) is 5.56 Å². The van der Waals surface area contributed by atoms with E-state index in [1.807, 2.05) is 39.0 Å². The van der Waals surface area contributed by atoms with Crippen LogP contribution >= 0.6 is 0 Å². The molecule has 3 heteroatoms. The van der Waals surface area contributed by atoms with Crippen molar-refractivity contribution in [2.24, 2.45) is 5.41 Å². The molecule has 0 unspecified atom stereocenters. The SMILES string of the molecule is CN(C(=O)OC(C)(C)C)[C@@H](c1ccccc1)C(C)(C)C. The highest BCUT2D eigenvalue weighted by Gasteiger charge is 2.34. The van der Waals surface area contributed by atoms with Gasteiger partial charge in [0.25, 0.3) is 0 Å². The van der Waals surface area contributed by atoms with Crippen molar-refractivity contribution in [1.82, 2.24) is 4.90 Å². The molecule has 3 nitrogen and oxygen atoms in total. The van der Waals surface area contributed by atoms with Crippen LogP contribution in [0.5, 0.6) is 0 Å². The van der Waals surface area contributed by atoms with Crippen LogP contribution in [-0.4, -0.2) is 23.6 Å². The molecule has 1 aromatic carbocycles. The van der Waals surface area contributed by atoms with Gasteiger partial charge in [-0.1, -0.05) is 51.1 Å². The molecule has 20 heavy (non-hydrogen) atoms. The molecule has 0 fully saturated rings. The summed E-state index contributed by atoms with van der Waals surface area (Å²) in [6.45, 7) is 12.0.